The molecule has 1 heterocycles. The lowest BCUT2D eigenvalue weighted by Crippen LogP contribution is -1.93. The first-order valence-corrected chi connectivity index (χ1v) is 2.39. The van der Waals surface area contributed by atoms with E-state index in [4.69, 9.17) is 5.11 Å². The smallest absolute Gasteiger partial charge is 0.0797 e. The van der Waals surface area contributed by atoms with E-state index in [0.717, 1.165) is 31.3 Å². The third kappa shape index (κ3) is 0.933. The highest BCUT2D eigenvalue weighted by molar-refractivity contribution is 5.04. The van der Waals surface area contributed by atoms with E-state index in [1.54, 1.807) is 0 Å². The molecule has 39 valence electrons. The molecule has 1 N–H and O–H groups in total. The monoisotopic (exact) mass is 98.1 g/mol. The molecular formula is C5H8NO. The number of hydrogen-bond acceptors (Lipinski definition) is 1. The van der Waals surface area contributed by atoms with Gasteiger partial charge in [-0.25, -0.2) is 5.32 Å². The Hall–Kier alpha value is -0.500. The molecule has 2 heteroatoms. The zero-order valence-corrected chi connectivity index (χ0v) is 4.09. The van der Waals surface area contributed by atoms with Gasteiger partial charge in [-0.05, 0) is 12.0 Å². The van der Waals surface area contributed by atoms with Crippen LogP contribution in [0.3, 0.4) is 0 Å². The van der Waals surface area contributed by atoms with Crippen molar-refractivity contribution in [2.75, 3.05) is 13.1 Å². The maximum Gasteiger partial charge on any atom is 0.0797 e. The van der Waals surface area contributed by atoms with Crippen molar-refractivity contribution in [3.05, 3.63) is 11.8 Å². The number of aliphatic hydroxyl groups excluding tert-OH is 1. The zero-order chi connectivity index (χ0) is 5.11. The number of nitrogens with zero attached hydrogens (tertiary/aromatic N) is 1. The van der Waals surface area contributed by atoms with Crippen LogP contribution < -0.4 is 5.32 Å². The average molecular weight is 98.1 g/mol. The van der Waals surface area contributed by atoms with Crippen LogP contribution in [0.1, 0.15) is 6.42 Å². The van der Waals surface area contributed by atoms with Crippen LogP contribution in [0.15, 0.2) is 11.8 Å². The fourth-order valence-electron chi connectivity index (χ4n) is 0.630. The Kier molecular flexibility index (Phi) is 1.32. The van der Waals surface area contributed by atoms with Gasteiger partial charge in [0.1, 0.15) is 0 Å². The summed E-state index contributed by atoms with van der Waals surface area (Å²) in [6, 6.07) is 0. The zero-order valence-electron chi connectivity index (χ0n) is 4.09. The standard InChI is InChI=1S/C5H8NO/c7-4-5-1-2-6-3-5/h4,7H,1-3H2. The lowest BCUT2D eigenvalue weighted by molar-refractivity contribution is 0.466. The van der Waals surface area contributed by atoms with E-state index in [1.165, 1.54) is 0 Å². The van der Waals surface area contributed by atoms with E-state index in [1.807, 2.05) is 0 Å². The van der Waals surface area contributed by atoms with Gasteiger partial charge in [0.15, 0.2) is 0 Å². The minimum atomic E-state index is 0.747. The molecule has 1 aliphatic rings. The van der Waals surface area contributed by atoms with Crippen LogP contribution >= 0.6 is 0 Å². The maximum absolute atomic E-state index is 8.34. The Bertz CT molecular complexity index is 80.1. The van der Waals surface area contributed by atoms with Crippen LogP contribution in [0.4, 0.5) is 0 Å². The van der Waals surface area contributed by atoms with E-state index >= 15 is 0 Å². The van der Waals surface area contributed by atoms with Crippen molar-refractivity contribution in [1.82, 2.24) is 5.32 Å². The van der Waals surface area contributed by atoms with Crippen molar-refractivity contribution < 1.29 is 5.11 Å². The normalized spacial score (nSPS) is 26.6. The molecule has 0 bridgehead atoms. The van der Waals surface area contributed by atoms with Gasteiger partial charge in [-0.2, -0.15) is 0 Å². The summed E-state index contributed by atoms with van der Waals surface area (Å²) < 4.78 is 0. The van der Waals surface area contributed by atoms with Gasteiger partial charge in [-0.1, -0.05) is 0 Å². The first kappa shape index (κ1) is 4.65. The van der Waals surface area contributed by atoms with Gasteiger partial charge >= 0.3 is 0 Å². The van der Waals surface area contributed by atoms with Crippen molar-refractivity contribution in [2.24, 2.45) is 0 Å². The summed E-state index contributed by atoms with van der Waals surface area (Å²) in [5.74, 6) is 0. The van der Waals surface area contributed by atoms with E-state index in [0.29, 0.717) is 0 Å². The third-order valence-electron chi connectivity index (χ3n) is 1.09. The number of hydrogen-bond donors (Lipinski definition) is 1. The van der Waals surface area contributed by atoms with Crippen molar-refractivity contribution in [2.45, 2.75) is 6.42 Å². The fraction of sp³-hybridized carbons (Fsp3) is 0.600. The van der Waals surface area contributed by atoms with Crippen molar-refractivity contribution in [3.63, 3.8) is 0 Å². The van der Waals surface area contributed by atoms with E-state index < -0.39 is 0 Å². The molecule has 1 fully saturated rings. The quantitative estimate of drug-likeness (QED) is 0.438. The molecule has 0 aromatic heterocycles. The summed E-state index contributed by atoms with van der Waals surface area (Å²) in [5.41, 5.74) is 1.06. The molecular weight excluding hydrogens is 90.1 g/mol. The largest absolute Gasteiger partial charge is 0.516 e. The Morgan fingerprint density at radius 1 is 1.71 bits per heavy atom. The van der Waals surface area contributed by atoms with Crippen molar-refractivity contribution in [3.8, 4) is 0 Å². The van der Waals surface area contributed by atoms with E-state index in [9.17, 15) is 0 Å². The SMILES string of the molecule is OC=C1CC[N]C1. The van der Waals surface area contributed by atoms with Crippen molar-refractivity contribution in [1.29, 1.82) is 0 Å². The predicted molar refractivity (Wildman–Crippen MR) is 27.2 cm³/mol. The minimum absolute atomic E-state index is 0.747. The molecule has 7 heavy (non-hydrogen) atoms. The van der Waals surface area contributed by atoms with Crippen LogP contribution in [0.25, 0.3) is 0 Å². The lowest BCUT2D eigenvalue weighted by atomic mass is 10.3. The van der Waals surface area contributed by atoms with E-state index in [2.05, 4.69) is 5.32 Å². The van der Waals surface area contributed by atoms with Gasteiger partial charge in [0.2, 0.25) is 0 Å². The van der Waals surface area contributed by atoms with Crippen LogP contribution in [-0.4, -0.2) is 18.2 Å². The predicted octanol–water partition coefficient (Wildman–Crippen LogP) is 0.436. The first-order valence-electron chi connectivity index (χ1n) is 2.39. The Morgan fingerprint density at radius 3 is 2.86 bits per heavy atom. The summed E-state index contributed by atoms with van der Waals surface area (Å²) >= 11 is 0. The van der Waals surface area contributed by atoms with Crippen LogP contribution in [0.2, 0.25) is 0 Å². The number of rotatable bonds is 0. The molecule has 0 aromatic rings. The highest BCUT2D eigenvalue weighted by Crippen LogP contribution is 2.03. The Labute approximate surface area is 42.8 Å². The van der Waals surface area contributed by atoms with Gasteiger partial charge in [0.05, 0.1) is 6.26 Å². The van der Waals surface area contributed by atoms with E-state index in [-0.39, 0.29) is 0 Å². The Balaban J connectivity index is 2.41. The molecule has 1 aliphatic heterocycles. The summed E-state index contributed by atoms with van der Waals surface area (Å²) in [5, 5.41) is 12.4. The molecule has 0 saturated carbocycles. The van der Waals surface area contributed by atoms with Crippen LogP contribution in [0, 0.1) is 0 Å². The second-order valence-corrected chi connectivity index (χ2v) is 1.64. The summed E-state index contributed by atoms with van der Waals surface area (Å²) in [6.45, 7) is 1.64. The highest BCUT2D eigenvalue weighted by Gasteiger charge is 2.04. The minimum Gasteiger partial charge on any atom is -0.516 e. The maximum atomic E-state index is 8.34. The lowest BCUT2D eigenvalue weighted by Gasteiger charge is -1.82. The summed E-state index contributed by atoms with van der Waals surface area (Å²) in [7, 11) is 0. The van der Waals surface area contributed by atoms with Gasteiger partial charge in [0.25, 0.3) is 0 Å². The average Bonchev–Trinajstić information content (AvgIpc) is 2.14. The summed E-state index contributed by atoms with van der Waals surface area (Å²) in [6.07, 6.45) is 2.12. The molecule has 1 saturated heterocycles. The molecule has 2 nitrogen and oxygen atoms in total. The van der Waals surface area contributed by atoms with Gasteiger partial charge in [-0.3, -0.25) is 0 Å². The molecule has 1 radical (unpaired) electrons. The summed E-state index contributed by atoms with van der Waals surface area (Å²) in [4.78, 5) is 0. The molecule has 1 rings (SSSR count). The van der Waals surface area contributed by atoms with Gasteiger partial charge < -0.3 is 5.11 Å². The highest BCUT2D eigenvalue weighted by atomic mass is 16.2. The molecule has 0 spiro atoms. The fourth-order valence-corrected chi connectivity index (χ4v) is 0.630. The molecule has 0 unspecified atom stereocenters. The van der Waals surface area contributed by atoms with Crippen LogP contribution in [0.5, 0.6) is 0 Å². The third-order valence-corrected chi connectivity index (χ3v) is 1.09. The first-order chi connectivity index (χ1) is 3.43. The molecule has 0 atom stereocenters. The Morgan fingerprint density at radius 2 is 2.57 bits per heavy atom. The number of aliphatic hydroxyl groups is 1. The van der Waals surface area contributed by atoms with Crippen molar-refractivity contribution >= 4 is 0 Å². The molecule has 0 aliphatic carbocycles. The van der Waals surface area contributed by atoms with Gasteiger partial charge in [0, 0.05) is 13.1 Å². The molecule has 0 aromatic carbocycles. The van der Waals surface area contributed by atoms with Gasteiger partial charge in [-0.15, -0.1) is 0 Å². The van der Waals surface area contributed by atoms with Crippen LogP contribution in [-0.2, 0) is 0 Å². The second-order valence-electron chi connectivity index (χ2n) is 1.64. The topological polar surface area (TPSA) is 34.3 Å². The second kappa shape index (κ2) is 1.98. The molecule has 0 amide bonds.